The van der Waals surface area contributed by atoms with E-state index < -0.39 is 0 Å². The molecule has 0 bridgehead atoms. The van der Waals surface area contributed by atoms with Gasteiger partial charge in [-0.1, -0.05) is 24.3 Å². The topological polar surface area (TPSA) is 55.8 Å². The van der Waals surface area contributed by atoms with Gasteiger partial charge in [0.1, 0.15) is 0 Å². The smallest absolute Gasteiger partial charge is 0.232 e. The van der Waals surface area contributed by atoms with Crippen molar-refractivity contribution in [2.75, 3.05) is 11.7 Å². The average Bonchev–Trinajstić information content (AvgIpc) is 3.17. The molecule has 5 heteroatoms. The number of benzene rings is 2. The van der Waals surface area contributed by atoms with E-state index in [-0.39, 0.29) is 30.8 Å². The second-order valence-corrected chi connectivity index (χ2v) is 7.98. The van der Waals surface area contributed by atoms with Crippen molar-refractivity contribution < 1.29 is 19.1 Å². The minimum Gasteiger partial charge on any atom is -0.454 e. The summed E-state index contributed by atoms with van der Waals surface area (Å²) in [5.74, 6) is 1.34. The maximum absolute atomic E-state index is 13.4. The molecule has 2 aliphatic heterocycles. The maximum Gasteiger partial charge on any atom is 0.232 e. The van der Waals surface area contributed by atoms with E-state index in [1.165, 1.54) is 0 Å². The highest BCUT2D eigenvalue weighted by molar-refractivity contribution is 6.08. The summed E-state index contributed by atoms with van der Waals surface area (Å²) < 4.78 is 10.9. The monoisotopic (exact) mass is 389 g/mol. The molecule has 0 aromatic heterocycles. The molecule has 1 amide bonds. The fourth-order valence-corrected chi connectivity index (χ4v) is 4.83. The molecule has 5 nitrogen and oxygen atoms in total. The van der Waals surface area contributed by atoms with Crippen LogP contribution in [0.4, 0.5) is 5.69 Å². The molecule has 3 aliphatic rings. The minimum atomic E-state index is -0.236. The molecule has 0 saturated carbocycles. The predicted molar refractivity (Wildman–Crippen MR) is 109 cm³/mol. The zero-order valence-electron chi connectivity index (χ0n) is 16.7. The van der Waals surface area contributed by atoms with Gasteiger partial charge in [-0.2, -0.15) is 0 Å². The van der Waals surface area contributed by atoms with Crippen molar-refractivity contribution in [1.82, 2.24) is 0 Å². The number of anilines is 1. The Morgan fingerprint density at radius 1 is 0.966 bits per heavy atom. The van der Waals surface area contributed by atoms with E-state index in [4.69, 9.17) is 9.47 Å². The first-order valence-electron chi connectivity index (χ1n) is 10.1. The zero-order valence-corrected chi connectivity index (χ0v) is 16.7. The number of hydrogen-bond acceptors (Lipinski definition) is 4. The molecule has 2 aromatic rings. The molecule has 5 rings (SSSR count). The van der Waals surface area contributed by atoms with Crippen LogP contribution in [0, 0.1) is 13.8 Å². The van der Waals surface area contributed by atoms with E-state index in [0.717, 1.165) is 46.5 Å². The Balaban J connectivity index is 1.67. The van der Waals surface area contributed by atoms with E-state index in [1.807, 2.05) is 55.1 Å². The third kappa shape index (κ3) is 2.84. The van der Waals surface area contributed by atoms with Crippen LogP contribution >= 0.6 is 0 Å². The number of fused-ring (bicyclic) bond motifs is 1. The van der Waals surface area contributed by atoms with Crippen LogP contribution in [0.3, 0.4) is 0 Å². The van der Waals surface area contributed by atoms with Gasteiger partial charge in [0.2, 0.25) is 12.7 Å². The Morgan fingerprint density at radius 2 is 1.72 bits per heavy atom. The fraction of sp³-hybridized carbons (Fsp3) is 0.333. The summed E-state index contributed by atoms with van der Waals surface area (Å²) in [5.41, 5.74) is 5.61. The van der Waals surface area contributed by atoms with Crippen LogP contribution in [0.1, 0.15) is 48.3 Å². The molecular formula is C24H23NO4. The van der Waals surface area contributed by atoms with Crippen molar-refractivity contribution in [1.29, 1.82) is 0 Å². The van der Waals surface area contributed by atoms with Crippen molar-refractivity contribution in [3.05, 3.63) is 64.4 Å². The summed E-state index contributed by atoms with van der Waals surface area (Å²) >= 11 is 0. The summed E-state index contributed by atoms with van der Waals surface area (Å²) in [4.78, 5) is 28.3. The van der Waals surface area contributed by atoms with Crippen molar-refractivity contribution in [3.63, 3.8) is 0 Å². The van der Waals surface area contributed by atoms with Crippen LogP contribution in [-0.2, 0) is 9.59 Å². The number of carbonyl (C=O) groups is 2. The second kappa shape index (κ2) is 6.76. The first kappa shape index (κ1) is 18.0. The standard InChI is InChI=1S/C24H23NO4/c1-14-5-3-6-15(2)24(14)25-18-7-4-8-19(26)23(18)17(12-22(25)27)16-9-10-20-21(11-16)29-13-28-20/h3,5-6,9-11,17H,4,7-8,12-13H2,1-2H3. The van der Waals surface area contributed by atoms with Crippen LogP contribution in [0.5, 0.6) is 11.5 Å². The van der Waals surface area contributed by atoms with Gasteiger partial charge in [-0.3, -0.25) is 14.5 Å². The number of ketones is 1. The molecule has 1 aliphatic carbocycles. The number of ether oxygens (including phenoxy) is 2. The molecule has 1 atom stereocenters. The van der Waals surface area contributed by atoms with Gasteiger partial charge in [0.25, 0.3) is 0 Å². The Kier molecular flexibility index (Phi) is 4.19. The quantitative estimate of drug-likeness (QED) is 0.756. The summed E-state index contributed by atoms with van der Waals surface area (Å²) in [5, 5.41) is 0. The van der Waals surface area contributed by atoms with Crippen LogP contribution in [0.25, 0.3) is 0 Å². The van der Waals surface area contributed by atoms with Gasteiger partial charge < -0.3 is 9.47 Å². The van der Waals surface area contributed by atoms with Crippen LogP contribution < -0.4 is 14.4 Å². The van der Waals surface area contributed by atoms with Gasteiger partial charge in [-0.15, -0.1) is 0 Å². The lowest BCUT2D eigenvalue weighted by molar-refractivity contribution is -0.119. The van der Waals surface area contributed by atoms with Gasteiger partial charge >= 0.3 is 0 Å². The number of amides is 1. The highest BCUT2D eigenvalue weighted by Gasteiger charge is 2.40. The molecule has 2 heterocycles. The highest BCUT2D eigenvalue weighted by Crippen LogP contribution is 2.46. The molecule has 2 aromatic carbocycles. The van der Waals surface area contributed by atoms with Crippen LogP contribution in [-0.4, -0.2) is 18.5 Å². The first-order chi connectivity index (χ1) is 14.0. The fourth-order valence-electron chi connectivity index (χ4n) is 4.83. The molecule has 0 N–H and O–H groups in total. The third-order valence-electron chi connectivity index (χ3n) is 6.14. The largest absolute Gasteiger partial charge is 0.454 e. The summed E-state index contributed by atoms with van der Waals surface area (Å²) in [6.07, 6.45) is 2.33. The molecule has 0 radical (unpaired) electrons. The highest BCUT2D eigenvalue weighted by atomic mass is 16.7. The second-order valence-electron chi connectivity index (χ2n) is 7.98. The third-order valence-corrected chi connectivity index (χ3v) is 6.14. The molecule has 0 fully saturated rings. The average molecular weight is 389 g/mol. The molecule has 148 valence electrons. The lowest BCUT2D eigenvalue weighted by Gasteiger charge is -2.39. The molecule has 29 heavy (non-hydrogen) atoms. The van der Waals surface area contributed by atoms with E-state index >= 15 is 0 Å². The number of hydrogen-bond donors (Lipinski definition) is 0. The minimum absolute atomic E-state index is 0.0403. The molecular weight excluding hydrogens is 366 g/mol. The number of carbonyl (C=O) groups excluding carboxylic acids is 2. The number of allylic oxidation sites excluding steroid dienone is 2. The number of aryl methyl sites for hydroxylation is 2. The van der Waals surface area contributed by atoms with Gasteiger partial charge in [-0.25, -0.2) is 0 Å². The van der Waals surface area contributed by atoms with Crippen LogP contribution in [0.2, 0.25) is 0 Å². The summed E-state index contributed by atoms with van der Waals surface area (Å²) in [7, 11) is 0. The Hall–Kier alpha value is -3.08. The van der Waals surface area contributed by atoms with E-state index in [9.17, 15) is 9.59 Å². The van der Waals surface area contributed by atoms with Crippen molar-refractivity contribution in [3.8, 4) is 11.5 Å². The molecule has 0 spiro atoms. The van der Waals surface area contributed by atoms with E-state index in [0.29, 0.717) is 17.9 Å². The van der Waals surface area contributed by atoms with Crippen molar-refractivity contribution in [2.24, 2.45) is 0 Å². The zero-order chi connectivity index (χ0) is 20.1. The molecule has 0 saturated heterocycles. The van der Waals surface area contributed by atoms with Gasteiger partial charge in [0.05, 0.1) is 5.69 Å². The SMILES string of the molecule is Cc1cccc(C)c1N1C(=O)CC(c2ccc3c(c2)OCO3)C2=C1CCCC2=O. The number of nitrogens with zero attached hydrogens (tertiary/aromatic N) is 1. The maximum atomic E-state index is 13.4. The number of para-hydroxylation sites is 1. The first-order valence-corrected chi connectivity index (χ1v) is 10.1. The number of Topliss-reactive ketones (excluding diaryl/α,β-unsaturated/α-hetero) is 1. The Morgan fingerprint density at radius 3 is 2.52 bits per heavy atom. The Labute approximate surface area is 169 Å². The van der Waals surface area contributed by atoms with Crippen molar-refractivity contribution in [2.45, 2.75) is 45.4 Å². The van der Waals surface area contributed by atoms with Crippen LogP contribution in [0.15, 0.2) is 47.7 Å². The van der Waals surface area contributed by atoms with Gasteiger partial charge in [0, 0.05) is 30.0 Å². The predicted octanol–water partition coefficient (Wildman–Crippen LogP) is 4.56. The molecule has 1 unspecified atom stereocenters. The van der Waals surface area contributed by atoms with E-state index in [1.54, 1.807) is 0 Å². The van der Waals surface area contributed by atoms with Gasteiger partial charge in [0.15, 0.2) is 17.3 Å². The lowest BCUT2D eigenvalue weighted by atomic mass is 9.77. The van der Waals surface area contributed by atoms with Gasteiger partial charge in [-0.05, 0) is 55.5 Å². The van der Waals surface area contributed by atoms with E-state index in [2.05, 4.69) is 0 Å². The normalized spacial score (nSPS) is 20.9. The number of rotatable bonds is 2. The summed E-state index contributed by atoms with van der Waals surface area (Å²) in [6.45, 7) is 4.24. The Bertz CT molecular complexity index is 1050. The lowest BCUT2D eigenvalue weighted by Crippen LogP contribution is -2.41. The summed E-state index contributed by atoms with van der Waals surface area (Å²) in [6, 6.07) is 11.8. The van der Waals surface area contributed by atoms with Crippen molar-refractivity contribution >= 4 is 17.4 Å².